The Morgan fingerprint density at radius 1 is 1.29 bits per heavy atom. The van der Waals surface area contributed by atoms with Crippen molar-refractivity contribution in [2.75, 3.05) is 26.7 Å². The van der Waals surface area contributed by atoms with Gasteiger partial charge in [-0.3, -0.25) is 0 Å². The average molecular weight is 335 g/mol. The molecule has 0 spiro atoms. The first kappa shape index (κ1) is 18.2. The molecule has 1 fully saturated rings. The number of methoxy groups -OCH3 is 1. The molecule has 0 aromatic carbocycles. The van der Waals surface area contributed by atoms with Crippen molar-refractivity contribution in [1.29, 1.82) is 0 Å². The molecule has 1 unspecified atom stereocenters. The van der Waals surface area contributed by atoms with E-state index in [-0.39, 0.29) is 17.8 Å². The van der Waals surface area contributed by atoms with Gasteiger partial charge in [-0.15, -0.1) is 0 Å². The maximum Gasteiger partial charge on any atom is 0.410 e. The van der Waals surface area contributed by atoms with Gasteiger partial charge in [0.25, 0.3) is 0 Å². The summed E-state index contributed by atoms with van der Waals surface area (Å²) < 4.78 is 10.1. The second-order valence-corrected chi connectivity index (χ2v) is 6.73. The molecular weight excluding hydrogens is 310 g/mol. The number of hydrogen-bond acceptors (Lipinski definition) is 6. The van der Waals surface area contributed by atoms with Gasteiger partial charge < -0.3 is 19.7 Å². The first-order chi connectivity index (χ1) is 11.3. The quantitative estimate of drug-likeness (QED) is 0.834. The summed E-state index contributed by atoms with van der Waals surface area (Å²) in [5.41, 5.74) is 0.767. The van der Waals surface area contributed by atoms with Crippen LogP contribution in [0.4, 0.5) is 4.79 Å². The zero-order valence-corrected chi connectivity index (χ0v) is 14.7. The van der Waals surface area contributed by atoms with Gasteiger partial charge in [-0.1, -0.05) is 6.07 Å². The van der Waals surface area contributed by atoms with Crippen LogP contribution in [0.5, 0.6) is 0 Å². The molecule has 1 aliphatic heterocycles. The molecular formula is C17H25N3O4. The normalized spacial score (nSPS) is 18.7. The minimum Gasteiger partial charge on any atom is -0.464 e. The van der Waals surface area contributed by atoms with E-state index in [2.05, 4.69) is 15.0 Å². The van der Waals surface area contributed by atoms with E-state index in [0.29, 0.717) is 19.6 Å². The highest BCUT2D eigenvalue weighted by molar-refractivity contribution is 5.86. The summed E-state index contributed by atoms with van der Waals surface area (Å²) in [6, 6.07) is 3.59. The molecule has 2 rings (SSSR count). The van der Waals surface area contributed by atoms with E-state index in [4.69, 9.17) is 4.74 Å². The molecule has 1 saturated heterocycles. The minimum absolute atomic E-state index is 0.0802. The van der Waals surface area contributed by atoms with Crippen molar-refractivity contribution in [3.05, 3.63) is 29.6 Å². The molecule has 1 atom stereocenters. The molecule has 24 heavy (non-hydrogen) atoms. The topological polar surface area (TPSA) is 80.8 Å². The van der Waals surface area contributed by atoms with Crippen molar-refractivity contribution < 1.29 is 19.1 Å². The van der Waals surface area contributed by atoms with Gasteiger partial charge in [0.1, 0.15) is 11.3 Å². The van der Waals surface area contributed by atoms with Crippen molar-refractivity contribution in [3.63, 3.8) is 0 Å². The number of pyridine rings is 1. The smallest absolute Gasteiger partial charge is 0.410 e. The average Bonchev–Trinajstić information content (AvgIpc) is 2.79. The Morgan fingerprint density at radius 2 is 2.04 bits per heavy atom. The Hall–Kier alpha value is -2.15. The number of rotatable bonds is 2. The summed E-state index contributed by atoms with van der Waals surface area (Å²) in [5.74, 6) is -0.452. The molecule has 2 heterocycles. The monoisotopic (exact) mass is 335 g/mol. The van der Waals surface area contributed by atoms with Crippen LogP contribution in [0, 0.1) is 0 Å². The van der Waals surface area contributed by atoms with Crippen LogP contribution in [0.25, 0.3) is 0 Å². The predicted octanol–water partition coefficient (Wildman–Crippen LogP) is 2.14. The zero-order valence-electron chi connectivity index (χ0n) is 14.7. The fraction of sp³-hybridized carbons (Fsp3) is 0.588. The van der Waals surface area contributed by atoms with E-state index < -0.39 is 11.6 Å². The number of carbonyl (C=O) groups excluding carboxylic acids is 2. The molecule has 7 heteroatoms. The molecule has 0 saturated carbocycles. The number of nitrogens with zero attached hydrogens (tertiary/aromatic N) is 2. The number of aromatic nitrogens is 1. The molecule has 1 aromatic rings. The summed E-state index contributed by atoms with van der Waals surface area (Å²) >= 11 is 0. The van der Waals surface area contributed by atoms with Gasteiger partial charge >= 0.3 is 12.1 Å². The Morgan fingerprint density at radius 3 is 2.62 bits per heavy atom. The minimum atomic E-state index is -0.496. The first-order valence-electron chi connectivity index (χ1n) is 8.06. The Bertz CT molecular complexity index is 580. The second-order valence-electron chi connectivity index (χ2n) is 6.73. The maximum atomic E-state index is 12.2. The number of esters is 1. The largest absolute Gasteiger partial charge is 0.464 e. The fourth-order valence-corrected chi connectivity index (χ4v) is 2.50. The standard InChI is InChI=1S/C17H25N3O4/c1-17(2,3)24-16(22)20-9-7-13(18-8-10-20)12-5-6-14(19-11-12)15(21)23-4/h5-6,11,13,18H,7-10H2,1-4H3. The lowest BCUT2D eigenvalue weighted by molar-refractivity contribution is 0.0261. The Balaban J connectivity index is 1.98. The number of ether oxygens (including phenoxy) is 2. The van der Waals surface area contributed by atoms with Gasteiger partial charge in [0.2, 0.25) is 0 Å². The lowest BCUT2D eigenvalue weighted by atomic mass is 10.1. The number of hydrogen-bond donors (Lipinski definition) is 1. The third kappa shape index (κ3) is 4.92. The molecule has 0 bridgehead atoms. The highest BCUT2D eigenvalue weighted by atomic mass is 16.6. The van der Waals surface area contributed by atoms with Gasteiger partial charge in [-0.2, -0.15) is 0 Å². The lowest BCUT2D eigenvalue weighted by Crippen LogP contribution is -2.38. The van der Waals surface area contributed by atoms with Crippen molar-refractivity contribution in [3.8, 4) is 0 Å². The third-order valence-corrected chi connectivity index (χ3v) is 3.70. The van der Waals surface area contributed by atoms with Gasteiger partial charge in [0, 0.05) is 31.9 Å². The molecule has 0 radical (unpaired) electrons. The zero-order chi connectivity index (χ0) is 17.7. The van der Waals surface area contributed by atoms with Crippen molar-refractivity contribution in [2.24, 2.45) is 0 Å². The van der Waals surface area contributed by atoms with E-state index in [1.807, 2.05) is 26.8 Å². The van der Waals surface area contributed by atoms with Gasteiger partial charge in [0.05, 0.1) is 7.11 Å². The first-order valence-corrected chi connectivity index (χ1v) is 8.06. The van der Waals surface area contributed by atoms with Crippen LogP contribution in [0.15, 0.2) is 18.3 Å². The summed E-state index contributed by atoms with van der Waals surface area (Å²) in [6.07, 6.45) is 2.13. The Labute approximate surface area is 142 Å². The number of nitrogens with one attached hydrogen (secondary N) is 1. The molecule has 7 nitrogen and oxygen atoms in total. The van der Waals surface area contributed by atoms with Crippen LogP contribution in [0.2, 0.25) is 0 Å². The van der Waals surface area contributed by atoms with Gasteiger partial charge in [0.15, 0.2) is 0 Å². The highest BCUT2D eigenvalue weighted by Crippen LogP contribution is 2.20. The van der Waals surface area contributed by atoms with Gasteiger partial charge in [-0.05, 0) is 38.8 Å². The summed E-state index contributed by atoms with van der Waals surface area (Å²) in [6.45, 7) is 7.45. The van der Waals surface area contributed by atoms with Gasteiger partial charge in [-0.25, -0.2) is 14.6 Å². The van der Waals surface area contributed by atoms with E-state index in [0.717, 1.165) is 12.0 Å². The molecule has 1 amide bonds. The predicted molar refractivity (Wildman–Crippen MR) is 88.7 cm³/mol. The van der Waals surface area contributed by atoms with Crippen LogP contribution in [0.1, 0.15) is 49.3 Å². The van der Waals surface area contributed by atoms with Crippen molar-refractivity contribution in [2.45, 2.75) is 38.8 Å². The summed E-state index contributed by atoms with van der Waals surface area (Å²) in [7, 11) is 1.33. The number of carbonyl (C=O) groups is 2. The molecule has 1 N–H and O–H groups in total. The maximum absolute atomic E-state index is 12.2. The molecule has 1 aliphatic rings. The van der Waals surface area contributed by atoms with E-state index >= 15 is 0 Å². The van der Waals surface area contributed by atoms with Crippen LogP contribution in [-0.4, -0.2) is 54.3 Å². The second kappa shape index (κ2) is 7.61. The molecule has 0 aliphatic carbocycles. The molecule has 132 valence electrons. The summed E-state index contributed by atoms with van der Waals surface area (Å²) in [5, 5.41) is 3.40. The molecule has 1 aromatic heterocycles. The van der Waals surface area contributed by atoms with Crippen LogP contribution in [0.3, 0.4) is 0 Å². The van der Waals surface area contributed by atoms with Crippen molar-refractivity contribution in [1.82, 2.24) is 15.2 Å². The van der Waals surface area contributed by atoms with Crippen LogP contribution < -0.4 is 5.32 Å². The third-order valence-electron chi connectivity index (χ3n) is 3.70. The van der Waals surface area contributed by atoms with E-state index in [1.165, 1.54) is 7.11 Å². The summed E-state index contributed by atoms with van der Waals surface area (Å²) in [4.78, 5) is 29.5. The fourth-order valence-electron chi connectivity index (χ4n) is 2.50. The Kier molecular flexibility index (Phi) is 5.77. The van der Waals surface area contributed by atoms with Crippen LogP contribution >= 0.6 is 0 Å². The SMILES string of the molecule is COC(=O)c1ccc(C2CCN(C(=O)OC(C)(C)C)CCN2)cn1. The number of amides is 1. The lowest BCUT2D eigenvalue weighted by Gasteiger charge is -2.26. The highest BCUT2D eigenvalue weighted by Gasteiger charge is 2.25. The van der Waals surface area contributed by atoms with Crippen LogP contribution in [-0.2, 0) is 9.47 Å². The van der Waals surface area contributed by atoms with Crippen molar-refractivity contribution >= 4 is 12.1 Å². The van der Waals surface area contributed by atoms with E-state index in [9.17, 15) is 9.59 Å². The van der Waals surface area contributed by atoms with E-state index in [1.54, 1.807) is 17.2 Å².